The lowest BCUT2D eigenvalue weighted by atomic mass is 10.0. The SMILES string of the molecule is Cc1ccc(C(=O)CCC(=O)NC2CCN(CC(N)=O)CC2)cc1. The van der Waals surface area contributed by atoms with Crippen LogP contribution in [0.1, 0.15) is 41.6 Å². The van der Waals surface area contributed by atoms with Crippen LogP contribution in [-0.4, -0.2) is 48.2 Å². The summed E-state index contributed by atoms with van der Waals surface area (Å²) in [7, 11) is 0. The van der Waals surface area contributed by atoms with E-state index in [9.17, 15) is 14.4 Å². The zero-order valence-electron chi connectivity index (χ0n) is 14.1. The van der Waals surface area contributed by atoms with E-state index in [1.165, 1.54) is 0 Å². The van der Waals surface area contributed by atoms with Gasteiger partial charge in [-0.15, -0.1) is 0 Å². The van der Waals surface area contributed by atoms with Crippen LogP contribution in [0.3, 0.4) is 0 Å². The number of hydrogen-bond donors (Lipinski definition) is 2. The van der Waals surface area contributed by atoms with Gasteiger partial charge in [-0.05, 0) is 19.8 Å². The van der Waals surface area contributed by atoms with E-state index in [0.29, 0.717) is 5.56 Å². The first kappa shape index (κ1) is 18.1. The maximum atomic E-state index is 12.1. The minimum atomic E-state index is -0.327. The first-order valence-corrected chi connectivity index (χ1v) is 8.34. The minimum Gasteiger partial charge on any atom is -0.369 e. The first-order chi connectivity index (χ1) is 11.4. The van der Waals surface area contributed by atoms with E-state index in [2.05, 4.69) is 5.32 Å². The van der Waals surface area contributed by atoms with Crippen molar-refractivity contribution in [2.75, 3.05) is 19.6 Å². The van der Waals surface area contributed by atoms with E-state index >= 15 is 0 Å². The summed E-state index contributed by atoms with van der Waals surface area (Å²) in [5.74, 6) is -0.433. The topological polar surface area (TPSA) is 92.5 Å². The van der Waals surface area contributed by atoms with Crippen molar-refractivity contribution in [3.05, 3.63) is 35.4 Å². The van der Waals surface area contributed by atoms with E-state index in [1.54, 1.807) is 12.1 Å². The summed E-state index contributed by atoms with van der Waals surface area (Å²) in [4.78, 5) is 37.0. The highest BCUT2D eigenvalue weighted by atomic mass is 16.2. The number of piperidine rings is 1. The maximum absolute atomic E-state index is 12.1. The van der Waals surface area contributed by atoms with Crippen molar-refractivity contribution in [2.45, 2.75) is 38.6 Å². The van der Waals surface area contributed by atoms with Crippen LogP contribution in [0.25, 0.3) is 0 Å². The van der Waals surface area contributed by atoms with Crippen LogP contribution in [0.4, 0.5) is 0 Å². The van der Waals surface area contributed by atoms with E-state index in [-0.39, 0.29) is 43.0 Å². The molecule has 1 aliphatic heterocycles. The van der Waals surface area contributed by atoms with Crippen molar-refractivity contribution < 1.29 is 14.4 Å². The summed E-state index contributed by atoms with van der Waals surface area (Å²) < 4.78 is 0. The van der Waals surface area contributed by atoms with Crippen molar-refractivity contribution in [1.29, 1.82) is 0 Å². The highest BCUT2D eigenvalue weighted by Gasteiger charge is 2.21. The number of amides is 2. The number of rotatable bonds is 7. The van der Waals surface area contributed by atoms with Gasteiger partial charge in [-0.2, -0.15) is 0 Å². The Bertz CT molecular complexity index is 590. The second-order valence-electron chi connectivity index (χ2n) is 6.37. The number of hydrogen-bond acceptors (Lipinski definition) is 4. The number of ketones is 1. The third-order valence-electron chi connectivity index (χ3n) is 4.28. The van der Waals surface area contributed by atoms with E-state index in [4.69, 9.17) is 5.73 Å². The minimum absolute atomic E-state index is 0.0126. The van der Waals surface area contributed by atoms with Gasteiger partial charge < -0.3 is 11.1 Å². The number of primary amides is 1. The molecule has 130 valence electrons. The van der Waals surface area contributed by atoms with Crippen LogP contribution in [0.2, 0.25) is 0 Å². The Kier molecular flexibility index (Phi) is 6.49. The summed E-state index contributed by atoms with van der Waals surface area (Å²) in [6.45, 7) is 3.73. The van der Waals surface area contributed by atoms with Crippen molar-refractivity contribution in [1.82, 2.24) is 10.2 Å². The van der Waals surface area contributed by atoms with E-state index < -0.39 is 0 Å². The number of aryl methyl sites for hydroxylation is 1. The van der Waals surface area contributed by atoms with Gasteiger partial charge in [0.15, 0.2) is 5.78 Å². The predicted octanol–water partition coefficient (Wildman–Crippen LogP) is 1.02. The Labute approximate surface area is 142 Å². The molecule has 1 aromatic rings. The molecule has 0 unspecified atom stereocenters. The third-order valence-corrected chi connectivity index (χ3v) is 4.28. The Hall–Kier alpha value is -2.21. The van der Waals surface area contributed by atoms with Gasteiger partial charge in [0.1, 0.15) is 0 Å². The highest BCUT2D eigenvalue weighted by molar-refractivity contribution is 5.98. The number of carbonyl (C=O) groups is 3. The Morgan fingerprint density at radius 1 is 1.12 bits per heavy atom. The molecule has 1 heterocycles. The number of benzene rings is 1. The van der Waals surface area contributed by atoms with Crippen molar-refractivity contribution in [3.63, 3.8) is 0 Å². The quantitative estimate of drug-likeness (QED) is 0.730. The molecule has 0 spiro atoms. The number of nitrogens with zero attached hydrogens (tertiary/aromatic N) is 1. The smallest absolute Gasteiger partial charge is 0.231 e. The van der Waals surface area contributed by atoms with Gasteiger partial charge >= 0.3 is 0 Å². The van der Waals surface area contributed by atoms with E-state index in [0.717, 1.165) is 31.5 Å². The highest BCUT2D eigenvalue weighted by Crippen LogP contribution is 2.11. The Balaban J connectivity index is 1.69. The lowest BCUT2D eigenvalue weighted by molar-refractivity contribution is -0.123. The fourth-order valence-electron chi connectivity index (χ4n) is 2.87. The number of nitrogens with two attached hydrogens (primary N) is 1. The molecule has 3 N–H and O–H groups in total. The number of carbonyl (C=O) groups excluding carboxylic acids is 3. The molecule has 6 nitrogen and oxygen atoms in total. The van der Waals surface area contributed by atoms with Crippen LogP contribution < -0.4 is 11.1 Å². The monoisotopic (exact) mass is 331 g/mol. The molecular weight excluding hydrogens is 306 g/mol. The van der Waals surface area contributed by atoms with Gasteiger partial charge in [0, 0.05) is 37.5 Å². The van der Waals surface area contributed by atoms with Crippen molar-refractivity contribution in [2.24, 2.45) is 5.73 Å². The zero-order chi connectivity index (χ0) is 17.5. The molecule has 0 atom stereocenters. The number of Topliss-reactive ketones (excluding diaryl/α,β-unsaturated/α-hetero) is 1. The molecule has 0 aromatic heterocycles. The largest absolute Gasteiger partial charge is 0.369 e. The predicted molar refractivity (Wildman–Crippen MR) is 91.5 cm³/mol. The van der Waals surface area contributed by atoms with Gasteiger partial charge in [-0.3, -0.25) is 19.3 Å². The fraction of sp³-hybridized carbons (Fsp3) is 0.500. The van der Waals surface area contributed by atoms with Crippen LogP contribution in [0.15, 0.2) is 24.3 Å². The lowest BCUT2D eigenvalue weighted by Crippen LogP contribution is -2.46. The summed E-state index contributed by atoms with van der Waals surface area (Å²) in [6, 6.07) is 7.49. The van der Waals surface area contributed by atoms with Crippen molar-refractivity contribution in [3.8, 4) is 0 Å². The number of likely N-dealkylation sites (tertiary alicyclic amines) is 1. The summed E-state index contributed by atoms with van der Waals surface area (Å²) >= 11 is 0. The summed E-state index contributed by atoms with van der Waals surface area (Å²) in [5.41, 5.74) is 6.93. The van der Waals surface area contributed by atoms with Crippen LogP contribution in [0.5, 0.6) is 0 Å². The van der Waals surface area contributed by atoms with Crippen molar-refractivity contribution >= 4 is 17.6 Å². The molecule has 1 aromatic carbocycles. The second kappa shape index (κ2) is 8.59. The van der Waals surface area contributed by atoms with Gasteiger partial charge in [0.05, 0.1) is 6.54 Å². The van der Waals surface area contributed by atoms with E-state index in [1.807, 2.05) is 24.0 Å². The maximum Gasteiger partial charge on any atom is 0.231 e. The zero-order valence-corrected chi connectivity index (χ0v) is 14.1. The second-order valence-corrected chi connectivity index (χ2v) is 6.37. The molecule has 1 fully saturated rings. The summed E-state index contributed by atoms with van der Waals surface area (Å²) in [5, 5.41) is 2.97. The van der Waals surface area contributed by atoms with Crippen LogP contribution in [-0.2, 0) is 9.59 Å². The van der Waals surface area contributed by atoms with Gasteiger partial charge in [-0.1, -0.05) is 29.8 Å². The van der Waals surface area contributed by atoms with Gasteiger partial charge in [0.2, 0.25) is 11.8 Å². The molecule has 24 heavy (non-hydrogen) atoms. The molecule has 1 saturated heterocycles. The molecule has 0 radical (unpaired) electrons. The normalized spacial score (nSPS) is 15.9. The standard InChI is InChI=1S/C18H25N3O3/c1-13-2-4-14(5-3-13)16(22)6-7-18(24)20-15-8-10-21(11-9-15)12-17(19)23/h2-5,15H,6-12H2,1H3,(H2,19,23)(H,20,24). The molecule has 2 rings (SSSR count). The summed E-state index contributed by atoms with van der Waals surface area (Å²) in [6.07, 6.45) is 2.01. The molecule has 1 aliphatic rings. The molecule has 6 heteroatoms. The fourth-order valence-corrected chi connectivity index (χ4v) is 2.87. The van der Waals surface area contributed by atoms with Crippen LogP contribution >= 0.6 is 0 Å². The Morgan fingerprint density at radius 3 is 2.33 bits per heavy atom. The van der Waals surface area contributed by atoms with Gasteiger partial charge in [-0.25, -0.2) is 0 Å². The van der Waals surface area contributed by atoms with Gasteiger partial charge in [0.25, 0.3) is 0 Å². The third kappa shape index (κ3) is 5.77. The molecular formula is C18H25N3O3. The first-order valence-electron chi connectivity index (χ1n) is 8.34. The number of nitrogens with one attached hydrogen (secondary N) is 1. The molecule has 0 bridgehead atoms. The molecule has 0 saturated carbocycles. The molecule has 0 aliphatic carbocycles. The van der Waals surface area contributed by atoms with Crippen LogP contribution in [0, 0.1) is 6.92 Å². The Morgan fingerprint density at radius 2 is 1.75 bits per heavy atom. The average molecular weight is 331 g/mol. The average Bonchev–Trinajstić information content (AvgIpc) is 2.54. The lowest BCUT2D eigenvalue weighted by Gasteiger charge is -2.31. The molecule has 2 amide bonds.